The highest BCUT2D eigenvalue weighted by molar-refractivity contribution is 5.52. The third-order valence-electron chi connectivity index (χ3n) is 5.34. The van der Waals surface area contributed by atoms with Crippen LogP contribution in [0.5, 0.6) is 11.5 Å². The van der Waals surface area contributed by atoms with E-state index in [4.69, 9.17) is 4.74 Å². The van der Waals surface area contributed by atoms with Crippen LogP contribution < -0.4 is 4.74 Å². The fourth-order valence-electron chi connectivity index (χ4n) is 3.90. The molecule has 27 heavy (non-hydrogen) atoms. The smallest absolute Gasteiger partial charge is 0.266 e. The fourth-order valence-corrected chi connectivity index (χ4v) is 3.90. The van der Waals surface area contributed by atoms with Crippen molar-refractivity contribution in [3.8, 4) is 11.5 Å². The summed E-state index contributed by atoms with van der Waals surface area (Å²) in [4.78, 5) is 0. The maximum Gasteiger partial charge on any atom is 0.266 e. The van der Waals surface area contributed by atoms with E-state index in [1.165, 1.54) is 5.57 Å². The van der Waals surface area contributed by atoms with E-state index in [1.807, 2.05) is 6.92 Å². The van der Waals surface area contributed by atoms with Gasteiger partial charge in [-0.1, -0.05) is 43.6 Å². The van der Waals surface area contributed by atoms with Gasteiger partial charge in [0.15, 0.2) is 6.67 Å². The molecule has 0 spiro atoms. The number of halogens is 2. The molecule has 2 rings (SSSR count). The number of phenols is 1. The zero-order chi connectivity index (χ0) is 20.0. The number of rotatable bonds is 9. The summed E-state index contributed by atoms with van der Waals surface area (Å²) in [7, 11) is 0. The summed E-state index contributed by atoms with van der Waals surface area (Å²) in [6.07, 6.45) is 5.88. The Balaban J connectivity index is 2.48. The van der Waals surface area contributed by atoms with Gasteiger partial charge in [0.25, 0.3) is 6.36 Å². The molecule has 0 amide bonds. The Hall–Kier alpha value is -1.84. The van der Waals surface area contributed by atoms with Gasteiger partial charge < -0.3 is 9.84 Å². The molecule has 1 aliphatic carbocycles. The zero-order valence-electron chi connectivity index (χ0n) is 16.7. The Morgan fingerprint density at radius 3 is 2.74 bits per heavy atom. The predicted octanol–water partition coefficient (Wildman–Crippen LogP) is 6.78. The summed E-state index contributed by atoms with van der Waals surface area (Å²) in [5.41, 5.74) is 3.66. The molecule has 3 atom stereocenters. The first-order valence-corrected chi connectivity index (χ1v) is 9.92. The highest BCUT2D eigenvalue weighted by Gasteiger charge is 2.31. The van der Waals surface area contributed by atoms with E-state index in [9.17, 15) is 13.9 Å². The molecule has 0 aromatic heterocycles. The number of hydrogen-bond donors (Lipinski definition) is 1. The van der Waals surface area contributed by atoms with E-state index in [0.29, 0.717) is 5.56 Å². The molecule has 0 saturated carbocycles. The van der Waals surface area contributed by atoms with E-state index in [2.05, 4.69) is 26.5 Å². The summed E-state index contributed by atoms with van der Waals surface area (Å²) >= 11 is 0. The van der Waals surface area contributed by atoms with E-state index < -0.39 is 13.0 Å². The van der Waals surface area contributed by atoms with E-state index >= 15 is 0 Å². The molecule has 1 aromatic carbocycles. The molecular weight excluding hydrogens is 346 g/mol. The number of ether oxygens (including phenoxy) is 1. The highest BCUT2D eigenvalue weighted by Crippen LogP contribution is 2.47. The largest absolute Gasteiger partial charge is 0.507 e. The molecule has 0 fully saturated rings. The van der Waals surface area contributed by atoms with Crippen molar-refractivity contribution in [1.29, 1.82) is 0 Å². The summed E-state index contributed by atoms with van der Waals surface area (Å²) < 4.78 is 31.8. The summed E-state index contributed by atoms with van der Waals surface area (Å²) in [5, 5.41) is 10.8. The fraction of sp³-hybridized carbons (Fsp3) is 0.565. The maximum atomic E-state index is 13.8. The van der Waals surface area contributed by atoms with Gasteiger partial charge in [0, 0.05) is 11.5 Å². The molecular formula is C23H32F2O2. The van der Waals surface area contributed by atoms with Crippen LogP contribution >= 0.6 is 0 Å². The highest BCUT2D eigenvalue weighted by atomic mass is 19.2. The lowest BCUT2D eigenvalue weighted by molar-refractivity contribution is 0.0419. The van der Waals surface area contributed by atoms with Crippen molar-refractivity contribution in [3.63, 3.8) is 0 Å². The molecule has 3 unspecified atom stereocenters. The topological polar surface area (TPSA) is 29.5 Å². The lowest BCUT2D eigenvalue weighted by Crippen LogP contribution is -2.20. The molecule has 150 valence electrons. The minimum absolute atomic E-state index is 0.0901. The molecule has 0 bridgehead atoms. The van der Waals surface area contributed by atoms with Crippen LogP contribution in [0.4, 0.5) is 8.78 Å². The number of allylic oxidation sites excluding steroid dienone is 3. The Kier molecular flexibility index (Phi) is 7.88. The first kappa shape index (κ1) is 21.5. The third-order valence-corrected chi connectivity index (χ3v) is 5.34. The Labute approximate surface area is 161 Å². The van der Waals surface area contributed by atoms with Crippen LogP contribution in [-0.2, 0) is 6.42 Å². The quantitative estimate of drug-likeness (QED) is 0.379. The number of unbranched alkanes of at least 4 members (excludes halogenated alkanes) is 2. The van der Waals surface area contributed by atoms with E-state index in [1.54, 1.807) is 12.1 Å². The average molecular weight is 379 g/mol. The van der Waals surface area contributed by atoms with Crippen molar-refractivity contribution in [2.24, 2.45) is 5.92 Å². The van der Waals surface area contributed by atoms with Crippen LogP contribution in [0.25, 0.3) is 0 Å². The molecule has 0 saturated heterocycles. The normalized spacial score (nSPS) is 20.9. The number of alkyl halides is 2. The summed E-state index contributed by atoms with van der Waals surface area (Å²) in [6, 6.07) is 3.51. The Bertz CT molecular complexity index is 681. The summed E-state index contributed by atoms with van der Waals surface area (Å²) in [6.45, 7) is 9.03. The van der Waals surface area contributed by atoms with Crippen LogP contribution in [0, 0.1) is 5.92 Å². The molecule has 2 nitrogen and oxygen atoms in total. The second kappa shape index (κ2) is 9.91. The number of aryl methyl sites for hydroxylation is 1. The predicted molar refractivity (Wildman–Crippen MR) is 107 cm³/mol. The zero-order valence-corrected chi connectivity index (χ0v) is 16.7. The maximum absolute atomic E-state index is 13.8. The summed E-state index contributed by atoms with van der Waals surface area (Å²) in [5.74, 6) is 0.320. The molecule has 0 radical (unpaired) electrons. The van der Waals surface area contributed by atoms with E-state index in [-0.39, 0.29) is 23.3 Å². The van der Waals surface area contributed by atoms with Crippen molar-refractivity contribution in [1.82, 2.24) is 0 Å². The standard InChI is InChI=1S/C23H32F2O2/c1-5-6-7-8-17-12-20(26)23(21(13-17)27-22(25)14-24)19-11-16(4)9-10-18(19)15(2)3/h11-13,18-19,22,26H,2,5-10,14H2,1,3-4H3. The van der Waals surface area contributed by atoms with Gasteiger partial charge in [0.05, 0.1) is 0 Å². The average Bonchev–Trinajstić information content (AvgIpc) is 2.61. The minimum Gasteiger partial charge on any atom is -0.507 e. The van der Waals surface area contributed by atoms with Crippen LogP contribution in [0.3, 0.4) is 0 Å². The van der Waals surface area contributed by atoms with Crippen molar-refractivity contribution >= 4 is 0 Å². The van der Waals surface area contributed by atoms with Gasteiger partial charge in [-0.2, -0.15) is 4.39 Å². The molecule has 1 N–H and O–H groups in total. The van der Waals surface area contributed by atoms with E-state index in [0.717, 1.165) is 49.7 Å². The van der Waals surface area contributed by atoms with Gasteiger partial charge >= 0.3 is 0 Å². The van der Waals surface area contributed by atoms with Gasteiger partial charge in [-0.15, -0.1) is 0 Å². The van der Waals surface area contributed by atoms with Crippen LogP contribution in [0.1, 0.15) is 69.9 Å². The molecule has 0 heterocycles. The van der Waals surface area contributed by atoms with Crippen molar-refractivity contribution in [3.05, 3.63) is 47.1 Å². The SMILES string of the molecule is C=C(C)C1CCC(C)=CC1c1c(O)cc(CCCCC)cc1OC(F)CF. The van der Waals surface area contributed by atoms with Gasteiger partial charge in [0.2, 0.25) is 0 Å². The van der Waals surface area contributed by atoms with Gasteiger partial charge in [0.1, 0.15) is 11.5 Å². The Morgan fingerprint density at radius 1 is 1.37 bits per heavy atom. The van der Waals surface area contributed by atoms with Crippen molar-refractivity contribution < 1.29 is 18.6 Å². The molecule has 1 aliphatic rings. The molecule has 4 heteroatoms. The second-order valence-corrected chi connectivity index (χ2v) is 7.70. The Morgan fingerprint density at radius 2 is 2.11 bits per heavy atom. The number of hydrogen-bond acceptors (Lipinski definition) is 2. The van der Waals surface area contributed by atoms with Crippen molar-refractivity contribution in [2.45, 2.75) is 71.6 Å². The van der Waals surface area contributed by atoms with Gasteiger partial charge in [-0.25, -0.2) is 4.39 Å². The lowest BCUT2D eigenvalue weighted by atomic mass is 9.73. The van der Waals surface area contributed by atoms with Gasteiger partial charge in [-0.3, -0.25) is 0 Å². The van der Waals surface area contributed by atoms with Crippen LogP contribution in [0.2, 0.25) is 0 Å². The first-order chi connectivity index (χ1) is 12.9. The molecule has 1 aromatic rings. The van der Waals surface area contributed by atoms with Crippen molar-refractivity contribution in [2.75, 3.05) is 6.67 Å². The first-order valence-electron chi connectivity index (χ1n) is 9.92. The molecule has 0 aliphatic heterocycles. The second-order valence-electron chi connectivity index (χ2n) is 7.70. The lowest BCUT2D eigenvalue weighted by Gasteiger charge is -2.32. The monoisotopic (exact) mass is 378 g/mol. The van der Waals surface area contributed by atoms with Gasteiger partial charge in [-0.05, 0) is 63.1 Å². The number of benzene rings is 1. The van der Waals surface area contributed by atoms with Crippen LogP contribution in [-0.4, -0.2) is 18.1 Å². The minimum atomic E-state index is -2.04. The number of phenolic OH excluding ortho intramolecular Hbond substituents is 1. The third kappa shape index (κ3) is 5.57. The van der Waals surface area contributed by atoms with Crippen LogP contribution in [0.15, 0.2) is 35.9 Å². The number of aromatic hydroxyl groups is 1.